The Morgan fingerprint density at radius 3 is 2.29 bits per heavy atom. The first kappa shape index (κ1) is 24.3. The average Bonchev–Trinajstić information content (AvgIpc) is 3.30. The zero-order valence-corrected chi connectivity index (χ0v) is 21.0. The highest BCUT2D eigenvalue weighted by Crippen LogP contribution is 2.38. The van der Waals surface area contributed by atoms with Gasteiger partial charge in [-0.3, -0.25) is 4.79 Å². The molecule has 0 aliphatic carbocycles. The third kappa shape index (κ3) is 4.88. The van der Waals surface area contributed by atoms with E-state index in [1.165, 1.54) is 27.4 Å². The van der Waals surface area contributed by atoms with Crippen LogP contribution in [-0.4, -0.2) is 45.4 Å². The van der Waals surface area contributed by atoms with Gasteiger partial charge < -0.3 is 19.5 Å². The molecular formula is C25H27N3O6S. The molecule has 0 saturated heterocycles. The van der Waals surface area contributed by atoms with Crippen molar-refractivity contribution in [2.75, 3.05) is 26.6 Å². The number of hydrogen-bond donors (Lipinski definition) is 1. The van der Waals surface area contributed by atoms with Crippen LogP contribution >= 0.6 is 0 Å². The molecule has 0 atom stereocenters. The molecule has 0 spiro atoms. The van der Waals surface area contributed by atoms with Crippen LogP contribution in [0.15, 0.2) is 36.4 Å². The highest BCUT2D eigenvalue weighted by atomic mass is 32.2. The lowest BCUT2D eigenvalue weighted by Gasteiger charge is -2.13. The van der Waals surface area contributed by atoms with Gasteiger partial charge in [0.1, 0.15) is 5.82 Å². The molecule has 9 nitrogen and oxygen atoms in total. The molecule has 0 saturated carbocycles. The Morgan fingerprint density at radius 1 is 1.00 bits per heavy atom. The maximum atomic E-state index is 12.9. The number of hydrogen-bond acceptors (Lipinski definition) is 7. The molecule has 0 radical (unpaired) electrons. The van der Waals surface area contributed by atoms with Gasteiger partial charge in [-0.05, 0) is 60.9 Å². The number of nitrogens with one attached hydrogen (secondary N) is 1. The van der Waals surface area contributed by atoms with Gasteiger partial charge in [-0.15, -0.1) is 0 Å². The lowest BCUT2D eigenvalue weighted by atomic mass is 10.1. The van der Waals surface area contributed by atoms with E-state index in [9.17, 15) is 13.2 Å². The molecule has 1 N–H and O–H groups in total. The average molecular weight is 498 g/mol. The van der Waals surface area contributed by atoms with Crippen LogP contribution in [0, 0.1) is 13.8 Å². The number of rotatable bonds is 7. The van der Waals surface area contributed by atoms with Crippen LogP contribution in [0.2, 0.25) is 0 Å². The van der Waals surface area contributed by atoms with E-state index in [0.717, 1.165) is 16.8 Å². The number of nitrogens with zero attached hydrogens (tertiary/aromatic N) is 2. The fraction of sp³-hybridized carbons (Fsp3) is 0.280. The summed E-state index contributed by atoms with van der Waals surface area (Å²) in [4.78, 5) is 12.9. The summed E-state index contributed by atoms with van der Waals surface area (Å²) in [5.41, 5.74) is 4.54. The summed E-state index contributed by atoms with van der Waals surface area (Å²) in [6, 6.07) is 9.24. The minimum absolute atomic E-state index is 0.148. The Hall–Kier alpha value is -3.79. The maximum absolute atomic E-state index is 12.9. The van der Waals surface area contributed by atoms with Crippen LogP contribution in [0.25, 0.3) is 11.8 Å². The van der Waals surface area contributed by atoms with Gasteiger partial charge in [0, 0.05) is 11.6 Å². The Morgan fingerprint density at radius 2 is 1.69 bits per heavy atom. The van der Waals surface area contributed by atoms with Crippen LogP contribution in [0.1, 0.15) is 27.9 Å². The van der Waals surface area contributed by atoms with E-state index in [2.05, 4.69) is 10.4 Å². The molecule has 2 aromatic carbocycles. The number of anilines is 1. The van der Waals surface area contributed by atoms with Crippen LogP contribution < -0.4 is 19.5 Å². The molecule has 1 aromatic heterocycles. The minimum Gasteiger partial charge on any atom is -0.493 e. The molecule has 35 heavy (non-hydrogen) atoms. The SMILES string of the molecule is COc1cc(/C=C\C(=O)Nc2c3c(nn2-c2ccc(C)c(C)c2)CS(=O)(=O)C3)cc(OC)c1OC. The summed E-state index contributed by atoms with van der Waals surface area (Å²) < 4.78 is 42.0. The fourth-order valence-electron chi connectivity index (χ4n) is 3.94. The molecule has 2 heterocycles. The predicted octanol–water partition coefficient (Wildman–Crippen LogP) is 3.60. The zero-order valence-electron chi connectivity index (χ0n) is 20.2. The summed E-state index contributed by atoms with van der Waals surface area (Å²) >= 11 is 0. The first-order chi connectivity index (χ1) is 16.7. The van der Waals surface area contributed by atoms with Gasteiger partial charge in [-0.2, -0.15) is 5.10 Å². The van der Waals surface area contributed by atoms with Gasteiger partial charge in [0.2, 0.25) is 11.7 Å². The summed E-state index contributed by atoms with van der Waals surface area (Å²) in [7, 11) is 1.25. The monoisotopic (exact) mass is 497 g/mol. The Bertz CT molecular complexity index is 1410. The van der Waals surface area contributed by atoms with Crippen LogP contribution in [0.5, 0.6) is 17.2 Å². The Balaban J connectivity index is 1.67. The van der Waals surface area contributed by atoms with Gasteiger partial charge >= 0.3 is 0 Å². The second-order valence-corrected chi connectivity index (χ2v) is 10.3. The smallest absolute Gasteiger partial charge is 0.249 e. The number of sulfone groups is 1. The van der Waals surface area contributed by atoms with Crippen molar-refractivity contribution in [1.29, 1.82) is 0 Å². The van der Waals surface area contributed by atoms with Gasteiger partial charge in [-0.1, -0.05) is 6.07 Å². The maximum Gasteiger partial charge on any atom is 0.249 e. The molecule has 3 aromatic rings. The van der Waals surface area contributed by atoms with Gasteiger partial charge in [-0.25, -0.2) is 13.1 Å². The van der Waals surface area contributed by atoms with Gasteiger partial charge in [0.25, 0.3) is 0 Å². The largest absolute Gasteiger partial charge is 0.493 e. The number of ether oxygens (including phenoxy) is 3. The highest BCUT2D eigenvalue weighted by molar-refractivity contribution is 7.90. The Labute approximate surface area is 204 Å². The number of amides is 1. The third-order valence-electron chi connectivity index (χ3n) is 5.88. The van der Waals surface area contributed by atoms with Crippen molar-refractivity contribution in [2.24, 2.45) is 0 Å². The van der Waals surface area contributed by atoms with E-state index >= 15 is 0 Å². The number of aromatic nitrogens is 2. The highest BCUT2D eigenvalue weighted by Gasteiger charge is 2.33. The van der Waals surface area contributed by atoms with E-state index in [0.29, 0.717) is 39.9 Å². The van der Waals surface area contributed by atoms with E-state index in [4.69, 9.17) is 14.2 Å². The molecule has 1 aliphatic rings. The molecule has 4 rings (SSSR count). The minimum atomic E-state index is -3.30. The molecule has 1 amide bonds. The van der Waals surface area contributed by atoms with Crippen LogP contribution in [0.4, 0.5) is 5.82 Å². The fourth-order valence-corrected chi connectivity index (χ4v) is 5.44. The van der Waals surface area contributed by atoms with Crippen LogP contribution in [-0.2, 0) is 26.1 Å². The topological polar surface area (TPSA) is 109 Å². The second-order valence-electron chi connectivity index (χ2n) is 8.27. The first-order valence-corrected chi connectivity index (χ1v) is 12.7. The van der Waals surface area contributed by atoms with E-state index in [1.807, 2.05) is 32.0 Å². The molecular weight excluding hydrogens is 470 g/mol. The van der Waals surface area contributed by atoms with Crippen molar-refractivity contribution in [3.05, 3.63) is 64.4 Å². The van der Waals surface area contributed by atoms with Crippen molar-refractivity contribution < 1.29 is 27.4 Å². The van der Waals surface area contributed by atoms with E-state index in [1.54, 1.807) is 22.9 Å². The van der Waals surface area contributed by atoms with Crippen molar-refractivity contribution in [2.45, 2.75) is 25.4 Å². The predicted molar refractivity (Wildman–Crippen MR) is 133 cm³/mol. The molecule has 0 fully saturated rings. The first-order valence-electron chi connectivity index (χ1n) is 10.8. The van der Waals surface area contributed by atoms with Crippen molar-refractivity contribution in [3.8, 4) is 22.9 Å². The molecule has 10 heteroatoms. The number of carbonyl (C=O) groups is 1. The van der Waals surface area contributed by atoms with E-state index in [-0.39, 0.29) is 11.5 Å². The van der Waals surface area contributed by atoms with Crippen molar-refractivity contribution in [3.63, 3.8) is 0 Å². The number of aryl methyl sites for hydroxylation is 2. The Kier molecular flexibility index (Phi) is 6.58. The van der Waals surface area contributed by atoms with Crippen LogP contribution in [0.3, 0.4) is 0 Å². The number of methoxy groups -OCH3 is 3. The van der Waals surface area contributed by atoms with Crippen molar-refractivity contribution >= 4 is 27.6 Å². The zero-order chi connectivity index (χ0) is 25.3. The standard InChI is InChI=1S/C25H27N3O6S/c1-15-6-8-18(10-16(15)2)28-25(19-13-35(30,31)14-20(19)27-28)26-23(29)9-7-17-11-21(32-3)24(34-5)22(12-17)33-4/h6-12H,13-14H2,1-5H3,(H,26,29)/b9-7-. The van der Waals surface area contributed by atoms with Gasteiger partial charge in [0.05, 0.1) is 44.2 Å². The number of carbonyl (C=O) groups excluding carboxylic acids is 1. The lowest BCUT2D eigenvalue weighted by molar-refractivity contribution is -0.111. The number of benzene rings is 2. The molecule has 0 bridgehead atoms. The third-order valence-corrected chi connectivity index (χ3v) is 7.32. The second kappa shape index (κ2) is 9.46. The summed E-state index contributed by atoms with van der Waals surface area (Å²) in [6.45, 7) is 3.99. The molecule has 0 unspecified atom stereocenters. The van der Waals surface area contributed by atoms with E-state index < -0.39 is 15.7 Å². The summed E-state index contributed by atoms with van der Waals surface area (Å²) in [5.74, 6) is 0.972. The van der Waals surface area contributed by atoms with Gasteiger partial charge in [0.15, 0.2) is 21.3 Å². The normalized spacial score (nSPS) is 14.1. The molecule has 1 aliphatic heterocycles. The van der Waals surface area contributed by atoms with Crippen molar-refractivity contribution in [1.82, 2.24) is 9.78 Å². The lowest BCUT2D eigenvalue weighted by Crippen LogP contribution is -2.14. The molecule has 184 valence electrons. The summed E-state index contributed by atoms with van der Waals surface area (Å²) in [5, 5.41) is 7.35. The number of fused-ring (bicyclic) bond motifs is 1. The summed E-state index contributed by atoms with van der Waals surface area (Å²) in [6.07, 6.45) is 2.96. The quantitative estimate of drug-likeness (QED) is 0.497.